The fraction of sp³-hybridized carbons (Fsp3) is 0.583. The molecule has 0 aromatic carbocycles. The molecular weight excluding hydrogens is 266 g/mol. The molecule has 1 N–H and O–H groups in total. The number of aromatic nitrogens is 1. The smallest absolute Gasteiger partial charge is 0.302 e. The number of ether oxygens (including phenoxy) is 1. The van der Waals surface area contributed by atoms with Crippen LogP contribution in [0, 0.1) is 0 Å². The number of anilines is 1. The highest BCUT2D eigenvalue weighted by atomic mass is 32.2. The van der Waals surface area contributed by atoms with Crippen LogP contribution in [0.15, 0.2) is 18.2 Å². The first-order valence-electron chi connectivity index (χ1n) is 6.34. The number of rotatable bonds is 5. The van der Waals surface area contributed by atoms with E-state index >= 15 is 0 Å². The van der Waals surface area contributed by atoms with Gasteiger partial charge in [0.1, 0.15) is 5.82 Å². The summed E-state index contributed by atoms with van der Waals surface area (Å²) in [6.45, 7) is 1.51. The molecule has 1 fully saturated rings. The van der Waals surface area contributed by atoms with Gasteiger partial charge in [0.25, 0.3) is 0 Å². The van der Waals surface area contributed by atoms with Gasteiger partial charge in [-0.15, -0.1) is 0 Å². The number of hydrogen-bond acceptors (Lipinski definition) is 4. The molecule has 1 saturated heterocycles. The highest BCUT2D eigenvalue weighted by Crippen LogP contribution is 2.15. The summed E-state index contributed by atoms with van der Waals surface area (Å²) in [5.41, 5.74) is 0.696. The number of nitrogens with one attached hydrogen (secondary N) is 1. The summed E-state index contributed by atoms with van der Waals surface area (Å²) in [5, 5.41) is 0. The molecule has 0 spiro atoms. The molecule has 0 amide bonds. The average molecular weight is 285 g/mol. The van der Waals surface area contributed by atoms with Crippen LogP contribution in [0.25, 0.3) is 0 Å². The minimum Gasteiger partial charge on any atom is -0.378 e. The van der Waals surface area contributed by atoms with Gasteiger partial charge in [-0.1, -0.05) is 12.5 Å². The van der Waals surface area contributed by atoms with E-state index in [0.29, 0.717) is 31.2 Å². The summed E-state index contributed by atoms with van der Waals surface area (Å²) >= 11 is 0. The molecule has 19 heavy (non-hydrogen) atoms. The van der Waals surface area contributed by atoms with E-state index in [1.807, 2.05) is 0 Å². The summed E-state index contributed by atoms with van der Waals surface area (Å²) in [4.78, 5) is 4.20. The molecule has 1 aromatic heterocycles. The van der Waals surface area contributed by atoms with E-state index in [9.17, 15) is 8.42 Å². The summed E-state index contributed by atoms with van der Waals surface area (Å²) in [7, 11) is -1.91. The monoisotopic (exact) mass is 285 g/mol. The van der Waals surface area contributed by atoms with Gasteiger partial charge in [-0.05, 0) is 25.0 Å². The Morgan fingerprint density at radius 3 is 2.74 bits per heavy atom. The van der Waals surface area contributed by atoms with E-state index in [0.717, 1.165) is 19.3 Å². The number of hydrogen-bond donors (Lipinski definition) is 1. The molecule has 1 aromatic rings. The van der Waals surface area contributed by atoms with E-state index in [2.05, 4.69) is 9.71 Å². The van der Waals surface area contributed by atoms with Gasteiger partial charge in [0, 0.05) is 20.2 Å². The van der Waals surface area contributed by atoms with Crippen LogP contribution in [-0.2, 0) is 21.6 Å². The van der Waals surface area contributed by atoms with Crippen LogP contribution in [-0.4, -0.2) is 37.9 Å². The lowest BCUT2D eigenvalue weighted by atomic mass is 10.2. The van der Waals surface area contributed by atoms with Crippen molar-refractivity contribution in [2.24, 2.45) is 0 Å². The third kappa shape index (κ3) is 3.89. The highest BCUT2D eigenvalue weighted by molar-refractivity contribution is 7.90. The topological polar surface area (TPSA) is 71.5 Å². The highest BCUT2D eigenvalue weighted by Gasteiger charge is 2.23. The largest absolute Gasteiger partial charge is 0.378 e. The van der Waals surface area contributed by atoms with Crippen LogP contribution < -0.4 is 4.72 Å². The van der Waals surface area contributed by atoms with Crippen molar-refractivity contribution in [2.75, 3.05) is 24.9 Å². The van der Waals surface area contributed by atoms with Gasteiger partial charge in [0.05, 0.1) is 12.3 Å². The fourth-order valence-corrected chi connectivity index (χ4v) is 3.31. The van der Waals surface area contributed by atoms with E-state index in [1.165, 1.54) is 4.31 Å². The Balaban J connectivity index is 2.08. The molecular formula is C12H19N3O3S. The van der Waals surface area contributed by atoms with Crippen molar-refractivity contribution in [2.45, 2.75) is 25.9 Å². The van der Waals surface area contributed by atoms with Crippen molar-refractivity contribution in [1.82, 2.24) is 9.29 Å². The van der Waals surface area contributed by atoms with Crippen LogP contribution >= 0.6 is 0 Å². The van der Waals surface area contributed by atoms with E-state index in [-0.39, 0.29) is 0 Å². The van der Waals surface area contributed by atoms with E-state index < -0.39 is 10.2 Å². The van der Waals surface area contributed by atoms with Crippen LogP contribution in [0.5, 0.6) is 0 Å². The predicted octanol–water partition coefficient (Wildman–Crippen LogP) is 1.37. The zero-order valence-electron chi connectivity index (χ0n) is 11.0. The van der Waals surface area contributed by atoms with E-state index in [4.69, 9.17) is 4.74 Å². The molecule has 0 saturated carbocycles. The fourth-order valence-electron chi connectivity index (χ4n) is 2.07. The minimum absolute atomic E-state index is 0.333. The number of piperidine rings is 1. The first-order valence-corrected chi connectivity index (χ1v) is 7.78. The van der Waals surface area contributed by atoms with Crippen LogP contribution in [0.4, 0.5) is 5.82 Å². The standard InChI is InChI=1S/C12H19N3O3S/c1-18-10-11-6-5-7-12(13-11)14-19(16,17)15-8-3-2-4-9-15/h5-7H,2-4,8-10H2,1H3,(H,13,14). The molecule has 0 unspecified atom stereocenters. The lowest BCUT2D eigenvalue weighted by Gasteiger charge is -2.25. The maximum atomic E-state index is 12.2. The Morgan fingerprint density at radius 1 is 1.32 bits per heavy atom. The maximum Gasteiger partial charge on any atom is 0.302 e. The van der Waals surface area contributed by atoms with Crippen molar-refractivity contribution < 1.29 is 13.2 Å². The lowest BCUT2D eigenvalue weighted by Crippen LogP contribution is -2.39. The second-order valence-corrected chi connectivity index (χ2v) is 6.18. The Bertz CT molecular complexity index is 513. The third-order valence-corrected chi connectivity index (χ3v) is 4.50. The van der Waals surface area contributed by atoms with Crippen molar-refractivity contribution in [3.63, 3.8) is 0 Å². The Morgan fingerprint density at radius 2 is 2.05 bits per heavy atom. The van der Waals surface area contributed by atoms with Gasteiger partial charge in [0.15, 0.2) is 0 Å². The molecule has 0 bridgehead atoms. The van der Waals surface area contributed by atoms with Crippen molar-refractivity contribution in [3.05, 3.63) is 23.9 Å². The first kappa shape index (κ1) is 14.2. The second-order valence-electron chi connectivity index (χ2n) is 4.51. The second kappa shape index (κ2) is 6.31. The third-order valence-electron chi connectivity index (χ3n) is 2.99. The van der Waals surface area contributed by atoms with Crippen molar-refractivity contribution in [1.29, 1.82) is 0 Å². The molecule has 7 heteroatoms. The van der Waals surface area contributed by atoms with Gasteiger partial charge in [-0.25, -0.2) is 4.98 Å². The Labute approximate surface area is 114 Å². The molecule has 6 nitrogen and oxygen atoms in total. The van der Waals surface area contributed by atoms with Gasteiger partial charge in [0.2, 0.25) is 0 Å². The van der Waals surface area contributed by atoms with Crippen molar-refractivity contribution in [3.8, 4) is 0 Å². The molecule has 0 aliphatic carbocycles. The number of methoxy groups -OCH3 is 1. The minimum atomic E-state index is -3.49. The number of pyridine rings is 1. The van der Waals surface area contributed by atoms with Crippen LogP contribution in [0.1, 0.15) is 25.0 Å². The lowest BCUT2D eigenvalue weighted by molar-refractivity contribution is 0.181. The van der Waals surface area contributed by atoms with Gasteiger partial charge in [-0.3, -0.25) is 4.72 Å². The summed E-state index contributed by atoms with van der Waals surface area (Å²) in [5.74, 6) is 0.333. The molecule has 0 radical (unpaired) electrons. The Hall–Kier alpha value is -1.18. The number of nitrogens with zero attached hydrogens (tertiary/aromatic N) is 2. The molecule has 1 aliphatic rings. The normalized spacial score (nSPS) is 17.3. The summed E-state index contributed by atoms with van der Waals surface area (Å²) < 4.78 is 33.3. The van der Waals surface area contributed by atoms with E-state index in [1.54, 1.807) is 25.3 Å². The van der Waals surface area contributed by atoms with Gasteiger partial charge >= 0.3 is 10.2 Å². The Kier molecular flexibility index (Phi) is 4.73. The van der Waals surface area contributed by atoms with Crippen molar-refractivity contribution >= 4 is 16.0 Å². The molecule has 0 atom stereocenters. The molecule has 2 heterocycles. The van der Waals surface area contributed by atoms with Crippen LogP contribution in [0.2, 0.25) is 0 Å². The summed E-state index contributed by atoms with van der Waals surface area (Å²) in [6.07, 6.45) is 2.92. The molecule has 1 aliphatic heterocycles. The molecule has 106 valence electrons. The average Bonchev–Trinajstić information content (AvgIpc) is 2.40. The predicted molar refractivity (Wildman–Crippen MR) is 72.9 cm³/mol. The SMILES string of the molecule is COCc1cccc(NS(=O)(=O)N2CCCCC2)n1. The van der Waals surface area contributed by atoms with Gasteiger partial charge < -0.3 is 4.74 Å². The first-order chi connectivity index (χ1) is 9.12. The molecule has 2 rings (SSSR count). The summed E-state index contributed by atoms with van der Waals surface area (Å²) in [6, 6.07) is 5.19. The van der Waals surface area contributed by atoms with Gasteiger partial charge in [-0.2, -0.15) is 12.7 Å². The quantitative estimate of drug-likeness (QED) is 0.887. The zero-order chi connectivity index (χ0) is 13.7. The zero-order valence-corrected chi connectivity index (χ0v) is 11.8. The maximum absolute atomic E-state index is 12.2. The van der Waals surface area contributed by atoms with Crippen LogP contribution in [0.3, 0.4) is 0 Å².